The Morgan fingerprint density at radius 3 is 2.35 bits per heavy atom. The first-order chi connectivity index (χ1) is 14.4. The van der Waals surface area contributed by atoms with Crippen molar-refractivity contribution in [1.29, 1.82) is 0 Å². The summed E-state index contributed by atoms with van der Waals surface area (Å²) in [7, 11) is -6.63. The van der Waals surface area contributed by atoms with Gasteiger partial charge in [-0.3, -0.25) is 9.10 Å². The summed E-state index contributed by atoms with van der Waals surface area (Å²) < 4.78 is 57.5. The molecule has 0 aromatic heterocycles. The summed E-state index contributed by atoms with van der Waals surface area (Å²) in [5.41, 5.74) is 6.37. The summed E-state index contributed by atoms with van der Waals surface area (Å²) in [6.45, 7) is 1.26. The van der Waals surface area contributed by atoms with E-state index in [0.29, 0.717) is 5.69 Å². The van der Waals surface area contributed by atoms with Crippen molar-refractivity contribution in [3.8, 4) is 5.75 Å². The van der Waals surface area contributed by atoms with Gasteiger partial charge in [0.2, 0.25) is 5.91 Å². The Morgan fingerprint density at radius 1 is 1.19 bits per heavy atom. The van der Waals surface area contributed by atoms with Crippen molar-refractivity contribution in [2.24, 2.45) is 0 Å². The number of rotatable bonds is 6. The Labute approximate surface area is 180 Å². The Balaban J connectivity index is 2.16. The molecule has 12 heteroatoms. The molecule has 0 spiro atoms. The quantitative estimate of drug-likeness (QED) is 0.519. The average Bonchev–Trinajstić information content (AvgIpc) is 2.94. The number of aliphatic hydroxyl groups is 1. The van der Waals surface area contributed by atoms with Crippen molar-refractivity contribution in [2.45, 2.75) is 24.0 Å². The molecule has 0 radical (unpaired) electrons. The van der Waals surface area contributed by atoms with Crippen molar-refractivity contribution >= 4 is 42.8 Å². The highest BCUT2D eigenvalue weighted by molar-refractivity contribution is 7.93. The molecule has 0 saturated carbocycles. The number of sulfone groups is 1. The van der Waals surface area contributed by atoms with Crippen LogP contribution in [0.3, 0.4) is 0 Å². The summed E-state index contributed by atoms with van der Waals surface area (Å²) >= 11 is 0. The number of amides is 1. The number of benzene rings is 2. The van der Waals surface area contributed by atoms with E-state index in [1.807, 2.05) is 0 Å². The van der Waals surface area contributed by atoms with Crippen LogP contribution in [0, 0.1) is 0 Å². The van der Waals surface area contributed by atoms with Crippen molar-refractivity contribution < 1.29 is 31.5 Å². The monoisotopic (exact) mass is 469 g/mol. The number of nitrogens with two attached hydrogens (primary N) is 1. The molecule has 2 aromatic carbocycles. The minimum Gasteiger partial charge on any atom is -0.495 e. The van der Waals surface area contributed by atoms with Crippen LogP contribution >= 0.6 is 0 Å². The maximum atomic E-state index is 13.6. The third-order valence-electron chi connectivity index (χ3n) is 4.78. The summed E-state index contributed by atoms with van der Waals surface area (Å²) in [6.07, 6.45) is -1.41. The fraction of sp³-hybridized carbons (Fsp3) is 0.316. The fourth-order valence-corrected chi connectivity index (χ4v) is 6.98. The molecule has 1 aliphatic rings. The van der Waals surface area contributed by atoms with E-state index in [4.69, 9.17) is 10.5 Å². The van der Waals surface area contributed by atoms with Gasteiger partial charge in [-0.05, 0) is 42.5 Å². The van der Waals surface area contributed by atoms with Gasteiger partial charge >= 0.3 is 0 Å². The number of ether oxygens (including phenoxy) is 1. The predicted molar refractivity (Wildman–Crippen MR) is 116 cm³/mol. The summed E-state index contributed by atoms with van der Waals surface area (Å²) in [5.74, 6) is -1.26. The summed E-state index contributed by atoms with van der Waals surface area (Å²) in [5, 5.41) is 12.9. The van der Waals surface area contributed by atoms with Gasteiger partial charge in [0.15, 0.2) is 9.84 Å². The van der Waals surface area contributed by atoms with Crippen molar-refractivity contribution in [2.75, 3.05) is 34.0 Å². The highest BCUT2D eigenvalue weighted by Crippen LogP contribution is 2.34. The number of carbonyl (C=O) groups is 1. The zero-order chi connectivity index (χ0) is 23.0. The van der Waals surface area contributed by atoms with E-state index in [9.17, 15) is 26.7 Å². The third kappa shape index (κ3) is 4.75. The molecule has 0 bridgehead atoms. The van der Waals surface area contributed by atoms with Crippen molar-refractivity contribution in [3.05, 3.63) is 42.5 Å². The Morgan fingerprint density at radius 2 is 1.84 bits per heavy atom. The molecular formula is C19H23N3O7S2. The third-order valence-corrected chi connectivity index (χ3v) is 8.33. The highest BCUT2D eigenvalue weighted by Gasteiger charge is 2.45. The van der Waals surface area contributed by atoms with Crippen molar-refractivity contribution in [3.63, 3.8) is 0 Å². The maximum Gasteiger partial charge on any atom is 0.264 e. The zero-order valence-electron chi connectivity index (χ0n) is 16.8. The summed E-state index contributed by atoms with van der Waals surface area (Å²) in [6, 6.07) is 8.46. The second-order valence-corrected chi connectivity index (χ2v) is 11.1. The first-order valence-electron chi connectivity index (χ1n) is 9.19. The molecule has 0 aliphatic carbocycles. The molecule has 2 atom stereocenters. The SMILES string of the molecule is COc1ccc(S(=O)(=O)N(c2ccc(N)cc2)[C@@H]2CS(=O)(=O)C[C@@H]2O)cc1NC(C)=O. The number of methoxy groups -OCH3 is 1. The molecule has 168 valence electrons. The standard InChI is InChI=1S/C19H23N3O7S2/c1-12(23)21-16-9-15(7-8-19(16)29-2)31(27,28)22(14-5-3-13(20)4-6-14)17-10-30(25,26)11-18(17)24/h3-9,17-18,24H,10-11,20H2,1-2H3,(H,21,23)/t17-,18+/m1/s1. The van der Waals surface area contributed by atoms with Crippen LogP contribution in [0.25, 0.3) is 0 Å². The normalized spacial score (nSPS) is 20.2. The molecule has 31 heavy (non-hydrogen) atoms. The van der Waals surface area contributed by atoms with E-state index in [2.05, 4.69) is 5.32 Å². The van der Waals surface area contributed by atoms with E-state index in [1.165, 1.54) is 56.5 Å². The van der Waals surface area contributed by atoms with Gasteiger partial charge in [0, 0.05) is 12.6 Å². The van der Waals surface area contributed by atoms with E-state index < -0.39 is 49.4 Å². The number of nitrogens with one attached hydrogen (secondary N) is 1. The van der Waals surface area contributed by atoms with Gasteiger partial charge < -0.3 is 20.9 Å². The molecule has 4 N–H and O–H groups in total. The fourth-order valence-electron chi connectivity index (χ4n) is 3.41. The lowest BCUT2D eigenvalue weighted by Gasteiger charge is -2.31. The van der Waals surface area contributed by atoms with Crippen LogP contribution in [0.2, 0.25) is 0 Å². The van der Waals surface area contributed by atoms with Crippen LogP contribution in [-0.2, 0) is 24.7 Å². The molecular weight excluding hydrogens is 446 g/mol. The minimum atomic E-state index is -4.36. The van der Waals surface area contributed by atoms with Crippen LogP contribution < -0.4 is 20.1 Å². The molecule has 1 aliphatic heterocycles. The zero-order valence-corrected chi connectivity index (χ0v) is 18.5. The van der Waals surface area contributed by atoms with Gasteiger partial charge in [-0.2, -0.15) is 0 Å². The second-order valence-electron chi connectivity index (χ2n) is 7.15. The van der Waals surface area contributed by atoms with E-state index in [-0.39, 0.29) is 22.0 Å². The van der Waals surface area contributed by atoms with Crippen LogP contribution in [0.4, 0.5) is 17.1 Å². The number of hydrogen-bond acceptors (Lipinski definition) is 8. The topological polar surface area (TPSA) is 156 Å². The molecule has 2 aromatic rings. The molecule has 1 saturated heterocycles. The molecule has 10 nitrogen and oxygen atoms in total. The van der Waals surface area contributed by atoms with Crippen LogP contribution in [-0.4, -0.2) is 58.6 Å². The highest BCUT2D eigenvalue weighted by atomic mass is 32.2. The van der Waals surface area contributed by atoms with E-state index in [1.54, 1.807) is 0 Å². The minimum absolute atomic E-state index is 0.132. The van der Waals surface area contributed by atoms with Gasteiger partial charge in [0.25, 0.3) is 10.0 Å². The van der Waals surface area contributed by atoms with E-state index >= 15 is 0 Å². The first-order valence-corrected chi connectivity index (χ1v) is 12.4. The predicted octanol–water partition coefficient (Wildman–Crippen LogP) is 0.589. The lowest BCUT2D eigenvalue weighted by atomic mass is 10.2. The van der Waals surface area contributed by atoms with Crippen LogP contribution in [0.1, 0.15) is 6.92 Å². The van der Waals surface area contributed by atoms with Crippen LogP contribution in [0.15, 0.2) is 47.4 Å². The Bertz CT molecular complexity index is 1200. The average molecular weight is 470 g/mol. The van der Waals surface area contributed by atoms with Gasteiger partial charge in [0.1, 0.15) is 5.75 Å². The van der Waals surface area contributed by atoms with Gasteiger partial charge in [-0.15, -0.1) is 0 Å². The number of aliphatic hydroxyl groups excluding tert-OH is 1. The van der Waals surface area contributed by atoms with Gasteiger partial charge in [-0.25, -0.2) is 16.8 Å². The Hall–Kier alpha value is -2.83. The number of hydrogen-bond donors (Lipinski definition) is 3. The Kier molecular flexibility index (Phi) is 6.16. The van der Waals surface area contributed by atoms with Crippen LogP contribution in [0.5, 0.6) is 5.75 Å². The molecule has 1 heterocycles. The number of nitrogen functional groups attached to an aromatic ring is 1. The molecule has 3 rings (SSSR count). The largest absolute Gasteiger partial charge is 0.495 e. The number of sulfonamides is 1. The second kappa shape index (κ2) is 8.36. The molecule has 1 amide bonds. The number of nitrogens with zero attached hydrogens (tertiary/aromatic N) is 1. The molecule has 1 fully saturated rings. The smallest absolute Gasteiger partial charge is 0.264 e. The number of anilines is 3. The van der Waals surface area contributed by atoms with Gasteiger partial charge in [-0.1, -0.05) is 0 Å². The lowest BCUT2D eigenvalue weighted by Crippen LogP contribution is -2.47. The van der Waals surface area contributed by atoms with E-state index in [0.717, 1.165) is 4.31 Å². The summed E-state index contributed by atoms with van der Waals surface area (Å²) in [4.78, 5) is 11.3. The maximum absolute atomic E-state index is 13.6. The van der Waals surface area contributed by atoms with Gasteiger partial charge in [0.05, 0.1) is 47.0 Å². The molecule has 0 unspecified atom stereocenters. The first kappa shape index (κ1) is 22.8. The lowest BCUT2D eigenvalue weighted by molar-refractivity contribution is -0.114. The number of carbonyl (C=O) groups excluding carboxylic acids is 1. The van der Waals surface area contributed by atoms with Crippen molar-refractivity contribution in [1.82, 2.24) is 0 Å².